The Hall–Kier alpha value is -3.42. The molecular formula is C29H32FN3O3. The van der Waals surface area contributed by atoms with E-state index in [4.69, 9.17) is 4.74 Å². The van der Waals surface area contributed by atoms with Gasteiger partial charge in [-0.2, -0.15) is 0 Å². The lowest BCUT2D eigenvalue weighted by molar-refractivity contribution is -0.0585. The fourth-order valence-electron chi connectivity index (χ4n) is 5.54. The Balaban J connectivity index is 1.32. The molecule has 2 aliphatic rings. The second kappa shape index (κ2) is 10.7. The largest absolute Gasteiger partial charge is 0.497 e. The third kappa shape index (κ3) is 4.94. The smallest absolute Gasteiger partial charge is 0.321 e. The molecule has 2 aliphatic heterocycles. The number of hydrogen-bond donors (Lipinski definition) is 2. The van der Waals surface area contributed by atoms with Gasteiger partial charge in [0.1, 0.15) is 11.6 Å². The molecule has 0 bridgehead atoms. The van der Waals surface area contributed by atoms with Crippen molar-refractivity contribution in [2.45, 2.75) is 30.8 Å². The predicted octanol–water partition coefficient (Wildman–Crippen LogP) is 4.96. The van der Waals surface area contributed by atoms with Crippen LogP contribution < -0.4 is 10.1 Å². The minimum Gasteiger partial charge on any atom is -0.497 e. The van der Waals surface area contributed by atoms with E-state index in [2.05, 4.69) is 34.5 Å². The highest BCUT2D eigenvalue weighted by molar-refractivity contribution is 5.89. The van der Waals surface area contributed by atoms with E-state index in [0.717, 1.165) is 47.5 Å². The average molecular weight is 490 g/mol. The van der Waals surface area contributed by atoms with Crippen molar-refractivity contribution in [2.75, 3.05) is 38.7 Å². The number of carbonyl (C=O) groups excluding carboxylic acids is 1. The highest BCUT2D eigenvalue weighted by atomic mass is 19.1. The molecule has 0 unspecified atom stereocenters. The van der Waals surface area contributed by atoms with Gasteiger partial charge in [-0.25, -0.2) is 9.18 Å². The zero-order valence-corrected chi connectivity index (χ0v) is 20.4. The van der Waals surface area contributed by atoms with Gasteiger partial charge in [0, 0.05) is 36.8 Å². The van der Waals surface area contributed by atoms with Gasteiger partial charge >= 0.3 is 6.03 Å². The molecule has 0 aromatic heterocycles. The van der Waals surface area contributed by atoms with Gasteiger partial charge in [-0.1, -0.05) is 36.4 Å². The van der Waals surface area contributed by atoms with E-state index in [1.165, 1.54) is 12.1 Å². The van der Waals surface area contributed by atoms with Crippen molar-refractivity contribution >= 4 is 11.7 Å². The molecule has 2 amide bonds. The zero-order chi connectivity index (χ0) is 25.1. The molecule has 2 saturated heterocycles. The van der Waals surface area contributed by atoms with Gasteiger partial charge in [-0.05, 0) is 72.5 Å². The first-order chi connectivity index (χ1) is 17.6. The van der Waals surface area contributed by atoms with Crippen molar-refractivity contribution in [3.63, 3.8) is 0 Å². The zero-order valence-electron chi connectivity index (χ0n) is 20.4. The first-order valence-corrected chi connectivity index (χ1v) is 12.5. The second-order valence-corrected chi connectivity index (χ2v) is 9.52. The fourth-order valence-corrected chi connectivity index (χ4v) is 5.54. The van der Waals surface area contributed by atoms with E-state index in [1.54, 1.807) is 19.2 Å². The normalized spacial score (nSPS) is 22.1. The Kier molecular flexibility index (Phi) is 7.20. The Morgan fingerprint density at radius 2 is 1.61 bits per heavy atom. The highest BCUT2D eigenvalue weighted by Crippen LogP contribution is 2.42. The van der Waals surface area contributed by atoms with Gasteiger partial charge in [0.25, 0.3) is 0 Å². The van der Waals surface area contributed by atoms with Crippen molar-refractivity contribution in [1.29, 1.82) is 0 Å². The Labute approximate surface area is 211 Å². The van der Waals surface area contributed by atoms with Crippen molar-refractivity contribution in [2.24, 2.45) is 0 Å². The topological polar surface area (TPSA) is 65.0 Å². The van der Waals surface area contributed by atoms with E-state index < -0.39 is 0 Å². The SMILES string of the molecule is COc1ccc(NC(=O)N2CCCCN3[C@H](CO)[C@H](c4ccc(-c5ccc(F)cc5)cc4)[C@@H]3C2)cc1. The number of aliphatic hydroxyl groups excluding tert-OH is 1. The summed E-state index contributed by atoms with van der Waals surface area (Å²) < 4.78 is 18.5. The number of aliphatic hydroxyl groups is 1. The third-order valence-corrected chi connectivity index (χ3v) is 7.47. The lowest BCUT2D eigenvalue weighted by Crippen LogP contribution is -2.68. The number of ether oxygens (including phenoxy) is 1. The van der Waals surface area contributed by atoms with Crippen molar-refractivity contribution in [1.82, 2.24) is 9.80 Å². The maximum Gasteiger partial charge on any atom is 0.321 e. The number of anilines is 1. The summed E-state index contributed by atoms with van der Waals surface area (Å²) in [7, 11) is 1.62. The average Bonchev–Trinajstić information content (AvgIpc) is 2.89. The number of halogens is 1. The summed E-state index contributed by atoms with van der Waals surface area (Å²) in [5.74, 6) is 0.625. The molecule has 0 spiro atoms. The Bertz CT molecular complexity index is 1170. The summed E-state index contributed by atoms with van der Waals surface area (Å²) >= 11 is 0. The number of methoxy groups -OCH3 is 1. The molecular weight excluding hydrogens is 457 g/mol. The molecule has 3 atom stereocenters. The number of amides is 2. The molecule has 0 aliphatic carbocycles. The van der Waals surface area contributed by atoms with Gasteiger partial charge in [0.2, 0.25) is 0 Å². The monoisotopic (exact) mass is 489 g/mol. The molecule has 188 valence electrons. The lowest BCUT2D eigenvalue weighted by Gasteiger charge is -2.57. The summed E-state index contributed by atoms with van der Waals surface area (Å²) in [6, 6.07) is 22.2. The van der Waals surface area contributed by atoms with Crippen LogP contribution in [-0.2, 0) is 0 Å². The number of fused-ring (bicyclic) bond motifs is 1. The van der Waals surface area contributed by atoms with E-state index in [9.17, 15) is 14.3 Å². The standard InChI is InChI=1S/C29H32FN3O3/c1-36-25-14-12-24(13-15-25)31-29(35)32-16-2-3-17-33-26(18-32)28(27(33)19-34)22-6-4-20(5-7-22)21-8-10-23(30)11-9-21/h4-15,26-28,34H,2-3,16-19H2,1H3,(H,31,35)/t26-,27+,28+/m0/s1. The summed E-state index contributed by atoms with van der Waals surface area (Å²) in [6.45, 7) is 2.31. The van der Waals surface area contributed by atoms with E-state index in [1.807, 2.05) is 29.2 Å². The molecule has 5 rings (SSSR count). The number of nitrogens with zero attached hydrogens (tertiary/aromatic N) is 2. The van der Waals surface area contributed by atoms with Crippen LogP contribution in [0.25, 0.3) is 11.1 Å². The van der Waals surface area contributed by atoms with Crippen LogP contribution in [0.4, 0.5) is 14.9 Å². The number of benzene rings is 3. The van der Waals surface area contributed by atoms with Crippen LogP contribution >= 0.6 is 0 Å². The summed E-state index contributed by atoms with van der Waals surface area (Å²) in [6.07, 6.45) is 1.91. The van der Waals surface area contributed by atoms with Crippen molar-refractivity contribution < 1.29 is 19.0 Å². The lowest BCUT2D eigenvalue weighted by atomic mass is 9.74. The van der Waals surface area contributed by atoms with Crippen LogP contribution in [0.1, 0.15) is 24.3 Å². The summed E-state index contributed by atoms with van der Waals surface area (Å²) in [4.78, 5) is 17.4. The highest BCUT2D eigenvalue weighted by Gasteiger charge is 2.49. The molecule has 0 saturated carbocycles. The third-order valence-electron chi connectivity index (χ3n) is 7.47. The molecule has 36 heavy (non-hydrogen) atoms. The summed E-state index contributed by atoms with van der Waals surface area (Å²) in [5.41, 5.74) is 3.87. The van der Waals surface area contributed by atoms with Crippen LogP contribution in [0.3, 0.4) is 0 Å². The first kappa shape index (κ1) is 24.3. The summed E-state index contributed by atoms with van der Waals surface area (Å²) in [5, 5.41) is 13.2. The Morgan fingerprint density at radius 3 is 2.25 bits per heavy atom. The van der Waals surface area contributed by atoms with Gasteiger partial charge in [-0.15, -0.1) is 0 Å². The predicted molar refractivity (Wildman–Crippen MR) is 139 cm³/mol. The number of hydrogen-bond acceptors (Lipinski definition) is 4. The van der Waals surface area contributed by atoms with Crippen molar-refractivity contribution in [3.05, 3.63) is 84.2 Å². The van der Waals surface area contributed by atoms with E-state index in [0.29, 0.717) is 13.1 Å². The molecule has 6 nitrogen and oxygen atoms in total. The minimum absolute atomic E-state index is 0.0382. The van der Waals surface area contributed by atoms with Crippen LogP contribution in [0.5, 0.6) is 5.75 Å². The number of rotatable bonds is 5. The van der Waals surface area contributed by atoms with Crippen LogP contribution in [0.2, 0.25) is 0 Å². The van der Waals surface area contributed by atoms with Gasteiger partial charge in [-0.3, -0.25) is 4.90 Å². The van der Waals surface area contributed by atoms with Crippen LogP contribution in [0.15, 0.2) is 72.8 Å². The quantitative estimate of drug-likeness (QED) is 0.532. The number of urea groups is 1. The fraction of sp³-hybridized carbons (Fsp3) is 0.345. The molecule has 0 radical (unpaired) electrons. The van der Waals surface area contributed by atoms with Crippen molar-refractivity contribution in [3.8, 4) is 16.9 Å². The molecule has 2 fully saturated rings. The Morgan fingerprint density at radius 1 is 0.972 bits per heavy atom. The second-order valence-electron chi connectivity index (χ2n) is 9.52. The molecule has 2 heterocycles. The molecule has 7 heteroatoms. The molecule has 3 aromatic rings. The van der Waals surface area contributed by atoms with E-state index >= 15 is 0 Å². The molecule has 3 aromatic carbocycles. The number of carbonyl (C=O) groups is 1. The maximum atomic E-state index is 13.3. The number of nitrogens with one attached hydrogen (secondary N) is 1. The van der Waals surface area contributed by atoms with Gasteiger partial charge < -0.3 is 20.1 Å². The van der Waals surface area contributed by atoms with Crippen LogP contribution in [-0.4, -0.2) is 66.4 Å². The molecule has 2 N–H and O–H groups in total. The van der Waals surface area contributed by atoms with Gasteiger partial charge in [0.05, 0.1) is 13.7 Å². The van der Waals surface area contributed by atoms with E-state index in [-0.39, 0.29) is 36.5 Å². The maximum absolute atomic E-state index is 13.3. The minimum atomic E-state index is -0.249. The van der Waals surface area contributed by atoms with Crippen LogP contribution in [0, 0.1) is 5.82 Å². The van der Waals surface area contributed by atoms with Gasteiger partial charge in [0.15, 0.2) is 0 Å². The first-order valence-electron chi connectivity index (χ1n) is 12.5.